The van der Waals surface area contributed by atoms with Gasteiger partial charge in [0.15, 0.2) is 0 Å². The highest BCUT2D eigenvalue weighted by molar-refractivity contribution is 5.67. The molecule has 1 amide bonds. The van der Waals surface area contributed by atoms with Crippen LogP contribution < -0.4 is 15.8 Å². The van der Waals surface area contributed by atoms with Crippen molar-refractivity contribution in [2.24, 2.45) is 5.73 Å². The molecule has 0 aliphatic rings. The van der Waals surface area contributed by atoms with E-state index in [-0.39, 0.29) is 17.9 Å². The Balaban J connectivity index is 0.00000254. The number of carbonyl (C=O) groups excluding carboxylic acids is 1. The van der Waals surface area contributed by atoms with E-state index in [1.807, 2.05) is 13.8 Å². The molecule has 1 atom stereocenters. The van der Waals surface area contributed by atoms with Crippen LogP contribution in [0.25, 0.3) is 0 Å². The number of alkyl halides is 2. The van der Waals surface area contributed by atoms with Gasteiger partial charge in [-0.05, 0) is 26.8 Å². The van der Waals surface area contributed by atoms with Crippen LogP contribution >= 0.6 is 0 Å². The predicted octanol–water partition coefficient (Wildman–Crippen LogP) is 3.98. The van der Waals surface area contributed by atoms with Gasteiger partial charge in [0.1, 0.15) is 17.2 Å². The van der Waals surface area contributed by atoms with Crippen molar-refractivity contribution in [1.29, 1.82) is 0 Å². The van der Waals surface area contributed by atoms with Crippen molar-refractivity contribution in [2.75, 3.05) is 6.54 Å². The van der Waals surface area contributed by atoms with Gasteiger partial charge in [-0.25, -0.2) is 9.18 Å². The number of benzene rings is 1. The average Bonchev–Trinajstić information content (AvgIpc) is 2.44. The number of carbonyl (C=O) groups is 1. The van der Waals surface area contributed by atoms with E-state index in [1.54, 1.807) is 20.8 Å². The lowest BCUT2D eigenvalue weighted by Gasteiger charge is -2.21. The zero-order valence-corrected chi connectivity index (χ0v) is 14.5. The van der Waals surface area contributed by atoms with Crippen LogP contribution in [-0.2, 0) is 4.74 Å². The standard InChI is InChI=1S/C14H19F3N2O3.C2H6/c1-14(2,3)22-13(20)19-7-11(18)9-5-4-8(6-10(9)15)21-12(16)17;1-2/h4-6,11-12H,7,18H2,1-3H3,(H,19,20);1-2H3. The quantitative estimate of drug-likeness (QED) is 0.842. The number of hydrogen-bond acceptors (Lipinski definition) is 4. The Labute approximate surface area is 140 Å². The molecule has 1 rings (SSSR count). The fourth-order valence-corrected chi connectivity index (χ4v) is 1.60. The molecule has 0 bridgehead atoms. The second-order valence-corrected chi connectivity index (χ2v) is 5.55. The lowest BCUT2D eigenvalue weighted by atomic mass is 10.1. The van der Waals surface area contributed by atoms with Crippen LogP contribution in [0, 0.1) is 5.82 Å². The van der Waals surface area contributed by atoms with Crippen molar-refractivity contribution in [1.82, 2.24) is 5.32 Å². The molecular formula is C16H25F3N2O3. The van der Waals surface area contributed by atoms with Crippen LogP contribution in [0.15, 0.2) is 18.2 Å². The number of nitrogens with two attached hydrogens (primary N) is 1. The van der Waals surface area contributed by atoms with Crippen molar-refractivity contribution < 1.29 is 27.4 Å². The molecule has 0 heterocycles. The molecule has 0 saturated heterocycles. The summed E-state index contributed by atoms with van der Waals surface area (Å²) in [5, 5.41) is 2.41. The van der Waals surface area contributed by atoms with E-state index in [2.05, 4.69) is 10.1 Å². The van der Waals surface area contributed by atoms with E-state index in [1.165, 1.54) is 12.1 Å². The van der Waals surface area contributed by atoms with Crippen molar-refractivity contribution in [3.05, 3.63) is 29.6 Å². The fraction of sp³-hybridized carbons (Fsp3) is 0.562. The van der Waals surface area contributed by atoms with E-state index in [9.17, 15) is 18.0 Å². The monoisotopic (exact) mass is 350 g/mol. The number of amides is 1. The zero-order chi connectivity index (χ0) is 18.9. The molecule has 0 radical (unpaired) electrons. The summed E-state index contributed by atoms with van der Waals surface area (Å²) in [6.07, 6.45) is -0.680. The third-order valence-corrected chi connectivity index (χ3v) is 2.46. The summed E-state index contributed by atoms with van der Waals surface area (Å²) in [7, 11) is 0. The molecule has 8 heteroatoms. The summed E-state index contributed by atoms with van der Waals surface area (Å²) in [6.45, 7) is 6.00. The minimum Gasteiger partial charge on any atom is -0.444 e. The molecule has 0 spiro atoms. The zero-order valence-electron chi connectivity index (χ0n) is 14.5. The highest BCUT2D eigenvalue weighted by Gasteiger charge is 2.18. The lowest BCUT2D eigenvalue weighted by molar-refractivity contribution is -0.0500. The Hall–Kier alpha value is -1.96. The summed E-state index contributed by atoms with van der Waals surface area (Å²) < 4.78 is 46.9. The van der Waals surface area contributed by atoms with Gasteiger partial charge in [0, 0.05) is 18.2 Å². The van der Waals surface area contributed by atoms with Gasteiger partial charge >= 0.3 is 12.7 Å². The van der Waals surface area contributed by atoms with Gasteiger partial charge < -0.3 is 20.5 Å². The first-order valence-electron chi connectivity index (χ1n) is 7.55. The van der Waals surface area contributed by atoms with E-state index < -0.39 is 30.2 Å². The van der Waals surface area contributed by atoms with Crippen LogP contribution in [0.1, 0.15) is 46.2 Å². The van der Waals surface area contributed by atoms with Crippen LogP contribution in [0.3, 0.4) is 0 Å². The van der Waals surface area contributed by atoms with Gasteiger partial charge in [0.05, 0.1) is 6.04 Å². The SMILES string of the molecule is CC.CC(C)(C)OC(=O)NCC(N)c1ccc(OC(F)F)cc1F. The molecule has 1 unspecified atom stereocenters. The van der Waals surface area contributed by atoms with Crippen molar-refractivity contribution in [3.63, 3.8) is 0 Å². The predicted molar refractivity (Wildman–Crippen MR) is 85.5 cm³/mol. The van der Waals surface area contributed by atoms with E-state index in [0.717, 1.165) is 6.07 Å². The van der Waals surface area contributed by atoms with Crippen LogP contribution in [0.4, 0.5) is 18.0 Å². The van der Waals surface area contributed by atoms with Crippen molar-refractivity contribution in [3.8, 4) is 5.75 Å². The first kappa shape index (κ1) is 22.0. The Kier molecular flexibility index (Phi) is 9.20. The number of nitrogens with one attached hydrogen (secondary N) is 1. The van der Waals surface area contributed by atoms with E-state index in [0.29, 0.717) is 0 Å². The summed E-state index contributed by atoms with van der Waals surface area (Å²) in [6, 6.07) is 2.37. The smallest absolute Gasteiger partial charge is 0.407 e. The third-order valence-electron chi connectivity index (χ3n) is 2.46. The minimum atomic E-state index is -3.03. The van der Waals surface area contributed by atoms with E-state index in [4.69, 9.17) is 10.5 Å². The largest absolute Gasteiger partial charge is 0.444 e. The molecule has 0 aliphatic carbocycles. The Morgan fingerprint density at radius 2 is 1.88 bits per heavy atom. The highest BCUT2D eigenvalue weighted by Crippen LogP contribution is 2.22. The Bertz CT molecular complexity index is 520. The molecule has 138 valence electrons. The lowest BCUT2D eigenvalue weighted by Crippen LogP contribution is -2.36. The summed E-state index contributed by atoms with van der Waals surface area (Å²) >= 11 is 0. The summed E-state index contributed by atoms with van der Waals surface area (Å²) in [5.41, 5.74) is 5.17. The number of rotatable bonds is 5. The normalized spacial score (nSPS) is 12.1. The average molecular weight is 350 g/mol. The third kappa shape index (κ3) is 8.61. The van der Waals surface area contributed by atoms with Crippen LogP contribution in [-0.4, -0.2) is 24.9 Å². The first-order valence-corrected chi connectivity index (χ1v) is 7.55. The molecule has 0 fully saturated rings. The van der Waals surface area contributed by atoms with Gasteiger partial charge in [-0.1, -0.05) is 19.9 Å². The Morgan fingerprint density at radius 3 is 2.33 bits per heavy atom. The van der Waals surface area contributed by atoms with Crippen LogP contribution in [0.2, 0.25) is 0 Å². The molecule has 0 saturated carbocycles. The van der Waals surface area contributed by atoms with Gasteiger partial charge in [-0.2, -0.15) is 8.78 Å². The Morgan fingerprint density at radius 1 is 1.29 bits per heavy atom. The molecule has 5 nitrogen and oxygen atoms in total. The van der Waals surface area contributed by atoms with Gasteiger partial charge in [0.2, 0.25) is 0 Å². The molecule has 0 aromatic heterocycles. The van der Waals surface area contributed by atoms with Crippen LogP contribution in [0.5, 0.6) is 5.75 Å². The van der Waals surface area contributed by atoms with E-state index >= 15 is 0 Å². The topological polar surface area (TPSA) is 73.6 Å². The maximum atomic E-state index is 13.8. The number of halogens is 3. The first-order chi connectivity index (χ1) is 11.1. The summed E-state index contributed by atoms with van der Waals surface area (Å²) in [5.74, 6) is -1.10. The van der Waals surface area contributed by atoms with Crippen molar-refractivity contribution >= 4 is 6.09 Å². The molecule has 1 aromatic rings. The highest BCUT2D eigenvalue weighted by atomic mass is 19.3. The van der Waals surface area contributed by atoms with Gasteiger partial charge in [-0.3, -0.25) is 0 Å². The van der Waals surface area contributed by atoms with Crippen molar-refractivity contribution in [2.45, 2.75) is 52.9 Å². The molecule has 24 heavy (non-hydrogen) atoms. The fourth-order valence-electron chi connectivity index (χ4n) is 1.60. The second kappa shape index (κ2) is 10.0. The maximum Gasteiger partial charge on any atom is 0.407 e. The number of ether oxygens (including phenoxy) is 2. The molecule has 1 aromatic carbocycles. The van der Waals surface area contributed by atoms with Gasteiger partial charge in [0.25, 0.3) is 0 Å². The minimum absolute atomic E-state index is 0.0673. The molecular weight excluding hydrogens is 325 g/mol. The molecule has 0 aliphatic heterocycles. The summed E-state index contributed by atoms with van der Waals surface area (Å²) in [4.78, 5) is 11.5. The van der Waals surface area contributed by atoms with Gasteiger partial charge in [-0.15, -0.1) is 0 Å². The number of hydrogen-bond donors (Lipinski definition) is 2. The number of alkyl carbamates (subject to hydrolysis) is 1. The molecule has 3 N–H and O–H groups in total. The second-order valence-electron chi connectivity index (χ2n) is 5.55. The maximum absolute atomic E-state index is 13.8.